The fourth-order valence-corrected chi connectivity index (χ4v) is 4.22. The Balaban J connectivity index is 1.39. The number of aryl methyl sites for hydroxylation is 2. The molecule has 0 unspecified atom stereocenters. The van der Waals surface area contributed by atoms with Crippen molar-refractivity contribution >= 4 is 16.3 Å². The lowest BCUT2D eigenvalue weighted by Gasteiger charge is -2.18. The molecule has 0 radical (unpaired) electrons. The molecule has 6 nitrogen and oxygen atoms in total. The van der Waals surface area contributed by atoms with Crippen LogP contribution >= 0.6 is 11.3 Å². The van der Waals surface area contributed by atoms with Crippen LogP contribution in [0.3, 0.4) is 0 Å². The van der Waals surface area contributed by atoms with Crippen molar-refractivity contribution in [1.82, 2.24) is 24.5 Å². The summed E-state index contributed by atoms with van der Waals surface area (Å²) in [6, 6.07) is 0. The van der Waals surface area contributed by atoms with Crippen LogP contribution in [0, 0.1) is 12.8 Å². The van der Waals surface area contributed by atoms with Crippen LogP contribution in [0.1, 0.15) is 36.4 Å². The summed E-state index contributed by atoms with van der Waals surface area (Å²) in [7, 11) is 0. The fraction of sp³-hybridized carbons (Fsp3) is 0.529. The Hall–Kier alpha value is -1.70. The molecule has 1 N–H and O–H groups in total. The number of ether oxygens (including phenoxy) is 1. The summed E-state index contributed by atoms with van der Waals surface area (Å²) in [4.78, 5) is 5.67. The van der Waals surface area contributed by atoms with Crippen LogP contribution in [0.5, 0.6) is 0 Å². The van der Waals surface area contributed by atoms with Crippen LogP contribution in [0.15, 0.2) is 24.0 Å². The minimum absolute atomic E-state index is 0.158. The van der Waals surface area contributed by atoms with E-state index >= 15 is 0 Å². The van der Waals surface area contributed by atoms with Gasteiger partial charge in [0.15, 0.2) is 4.96 Å². The summed E-state index contributed by atoms with van der Waals surface area (Å²) in [5, 5.41) is 10.1. The molecule has 0 aliphatic carbocycles. The zero-order valence-corrected chi connectivity index (χ0v) is 14.9. The molecule has 3 aromatic heterocycles. The molecule has 24 heavy (non-hydrogen) atoms. The van der Waals surface area contributed by atoms with Crippen molar-refractivity contribution in [2.75, 3.05) is 13.2 Å². The van der Waals surface area contributed by atoms with Crippen LogP contribution in [0.2, 0.25) is 0 Å². The smallest absolute Gasteiger partial charge is 0.194 e. The zero-order valence-electron chi connectivity index (χ0n) is 14.1. The van der Waals surface area contributed by atoms with Gasteiger partial charge in [0.2, 0.25) is 0 Å². The molecule has 4 heterocycles. The summed E-state index contributed by atoms with van der Waals surface area (Å²) in [5.41, 5.74) is 3.56. The number of fused-ring (bicyclic) bond motifs is 1. The van der Waals surface area contributed by atoms with Crippen LogP contribution < -0.4 is 5.32 Å². The summed E-state index contributed by atoms with van der Waals surface area (Å²) in [6.45, 7) is 7.68. The summed E-state index contributed by atoms with van der Waals surface area (Å²) < 4.78 is 10.1. The lowest BCUT2D eigenvalue weighted by Crippen LogP contribution is -2.25. The molecule has 0 bridgehead atoms. The molecule has 0 saturated carbocycles. The number of hydrogen-bond donors (Lipinski definition) is 1. The molecule has 2 atom stereocenters. The zero-order chi connectivity index (χ0) is 16.5. The second-order valence-electron chi connectivity index (χ2n) is 6.30. The van der Waals surface area contributed by atoms with Gasteiger partial charge < -0.3 is 10.1 Å². The van der Waals surface area contributed by atoms with Gasteiger partial charge in [-0.15, -0.1) is 11.3 Å². The van der Waals surface area contributed by atoms with Gasteiger partial charge in [0, 0.05) is 55.5 Å². The maximum absolute atomic E-state index is 5.97. The van der Waals surface area contributed by atoms with Gasteiger partial charge in [-0.05, 0) is 20.3 Å². The number of thiazole rings is 1. The fourth-order valence-electron chi connectivity index (χ4n) is 3.44. The number of nitrogens with one attached hydrogen (secondary N) is 1. The average molecular weight is 345 g/mol. The predicted octanol–water partition coefficient (Wildman–Crippen LogP) is 2.79. The first kappa shape index (κ1) is 15.8. The summed E-state index contributed by atoms with van der Waals surface area (Å²) in [5.74, 6) is 0.491. The Morgan fingerprint density at radius 2 is 2.38 bits per heavy atom. The van der Waals surface area contributed by atoms with E-state index in [0.29, 0.717) is 5.92 Å². The monoisotopic (exact) mass is 345 g/mol. The Kier molecular flexibility index (Phi) is 4.39. The largest absolute Gasteiger partial charge is 0.373 e. The number of aromatic nitrogens is 4. The highest BCUT2D eigenvalue weighted by molar-refractivity contribution is 7.15. The van der Waals surface area contributed by atoms with Crippen LogP contribution in [-0.2, 0) is 17.8 Å². The normalized spacial score (nSPS) is 21.1. The molecular formula is C17H23N5OS. The van der Waals surface area contributed by atoms with Crippen LogP contribution in [0.25, 0.3) is 4.96 Å². The number of imidazole rings is 1. The third-order valence-corrected chi connectivity index (χ3v) is 5.54. The van der Waals surface area contributed by atoms with Gasteiger partial charge in [0.1, 0.15) is 0 Å². The van der Waals surface area contributed by atoms with Crippen LogP contribution in [0.4, 0.5) is 0 Å². The Morgan fingerprint density at radius 3 is 3.21 bits per heavy atom. The minimum atomic E-state index is 0.158. The molecule has 0 amide bonds. The highest BCUT2D eigenvalue weighted by Gasteiger charge is 2.30. The SMILES string of the molecule is CCn1cc([C@H]2OCC[C@@H]2CNCc2c(C)nc3sccn23)cn1. The van der Waals surface area contributed by atoms with E-state index in [-0.39, 0.29) is 6.10 Å². The van der Waals surface area contributed by atoms with Crippen molar-refractivity contribution in [3.8, 4) is 0 Å². The minimum Gasteiger partial charge on any atom is -0.373 e. The molecular weight excluding hydrogens is 322 g/mol. The van der Waals surface area contributed by atoms with Gasteiger partial charge >= 0.3 is 0 Å². The van der Waals surface area contributed by atoms with Gasteiger partial charge in [0.25, 0.3) is 0 Å². The van der Waals surface area contributed by atoms with Gasteiger partial charge in [0.05, 0.1) is 23.7 Å². The van der Waals surface area contributed by atoms with Crippen molar-refractivity contribution in [2.45, 2.75) is 39.5 Å². The van der Waals surface area contributed by atoms with Crippen molar-refractivity contribution < 1.29 is 4.74 Å². The molecule has 3 aromatic rings. The first-order valence-corrected chi connectivity index (χ1v) is 9.40. The lowest BCUT2D eigenvalue weighted by molar-refractivity contribution is 0.0903. The molecule has 1 fully saturated rings. The van der Waals surface area contributed by atoms with Crippen molar-refractivity contribution in [3.05, 3.63) is 40.9 Å². The molecule has 4 rings (SSSR count). The van der Waals surface area contributed by atoms with Gasteiger partial charge in [-0.3, -0.25) is 9.08 Å². The predicted molar refractivity (Wildman–Crippen MR) is 94.2 cm³/mol. The lowest BCUT2D eigenvalue weighted by atomic mass is 9.97. The molecule has 7 heteroatoms. The van der Waals surface area contributed by atoms with E-state index in [4.69, 9.17) is 4.74 Å². The van der Waals surface area contributed by atoms with Crippen molar-refractivity contribution in [2.24, 2.45) is 5.92 Å². The third-order valence-electron chi connectivity index (χ3n) is 4.78. The van der Waals surface area contributed by atoms with Gasteiger partial charge in [-0.2, -0.15) is 5.10 Å². The van der Waals surface area contributed by atoms with Crippen molar-refractivity contribution in [3.63, 3.8) is 0 Å². The van der Waals surface area contributed by atoms with E-state index in [1.165, 1.54) is 11.3 Å². The van der Waals surface area contributed by atoms with E-state index in [1.807, 2.05) is 10.9 Å². The molecule has 1 saturated heterocycles. The van der Waals surface area contributed by atoms with Crippen molar-refractivity contribution in [1.29, 1.82) is 0 Å². The molecule has 1 aliphatic heterocycles. The van der Waals surface area contributed by atoms with Gasteiger partial charge in [-0.1, -0.05) is 0 Å². The van der Waals surface area contributed by atoms with E-state index in [9.17, 15) is 0 Å². The number of rotatable bonds is 6. The standard InChI is InChI=1S/C17H23N5OS/c1-3-21-11-14(9-19-21)16-13(4-6-23-16)8-18-10-15-12(2)20-17-22(15)5-7-24-17/h5,7,9,11,13,16,18H,3-4,6,8,10H2,1-2H3/t13-,16+/m1/s1. The highest BCUT2D eigenvalue weighted by atomic mass is 32.1. The summed E-state index contributed by atoms with van der Waals surface area (Å²) >= 11 is 1.68. The molecule has 128 valence electrons. The quantitative estimate of drug-likeness (QED) is 0.746. The Bertz CT molecular complexity index is 820. The van der Waals surface area contributed by atoms with E-state index in [1.54, 1.807) is 11.3 Å². The number of hydrogen-bond acceptors (Lipinski definition) is 5. The first-order valence-electron chi connectivity index (χ1n) is 8.52. The number of nitrogens with zero attached hydrogens (tertiary/aromatic N) is 4. The molecule has 0 aromatic carbocycles. The Morgan fingerprint density at radius 1 is 1.46 bits per heavy atom. The second kappa shape index (κ2) is 6.66. The highest BCUT2D eigenvalue weighted by Crippen LogP contribution is 2.34. The second-order valence-corrected chi connectivity index (χ2v) is 7.17. The Labute approximate surface area is 145 Å². The average Bonchev–Trinajstić information content (AvgIpc) is 3.32. The maximum Gasteiger partial charge on any atom is 0.194 e. The first-order chi connectivity index (χ1) is 11.8. The van der Waals surface area contributed by atoms with Gasteiger partial charge in [-0.25, -0.2) is 4.98 Å². The third kappa shape index (κ3) is 2.87. The van der Waals surface area contributed by atoms with Crippen LogP contribution in [-0.4, -0.2) is 32.3 Å². The molecule has 1 aliphatic rings. The maximum atomic E-state index is 5.97. The topological polar surface area (TPSA) is 56.4 Å². The molecule has 0 spiro atoms. The van der Waals surface area contributed by atoms with E-state index in [2.05, 4.69) is 51.4 Å². The summed E-state index contributed by atoms with van der Waals surface area (Å²) in [6.07, 6.45) is 7.40. The van der Waals surface area contributed by atoms with E-state index in [0.717, 1.165) is 43.3 Å². The van der Waals surface area contributed by atoms with E-state index < -0.39 is 0 Å².